The Balaban J connectivity index is 2.50. The first-order chi connectivity index (χ1) is 10.7. The fraction of sp³-hybridized carbons (Fsp3) is 0.308. The number of benzene rings is 1. The second-order valence-electron chi connectivity index (χ2n) is 5.35. The topological polar surface area (TPSA) is 97.0 Å². The minimum atomic E-state index is -1.63. The lowest BCUT2D eigenvalue weighted by Crippen LogP contribution is -2.26. The maximum Gasteiger partial charge on any atom is 0.232 e. The first-order valence-electron chi connectivity index (χ1n) is 6.38. The summed E-state index contributed by atoms with van der Waals surface area (Å²) in [6.45, 7) is 2.84. The standard InChI is InChI=1S/C13H13F4N5O/c1-13(2,4-23)10-20-11(18)22-12(21-10)19-9-7(16)5(14)3-6(15)8(9)17/h3,23H,4H2,1-2H3,(H3,18,19,20,21,22). The van der Waals surface area contributed by atoms with Gasteiger partial charge >= 0.3 is 0 Å². The van der Waals surface area contributed by atoms with Crippen LogP contribution in [0.2, 0.25) is 0 Å². The van der Waals surface area contributed by atoms with E-state index in [1.54, 1.807) is 13.8 Å². The number of nitrogen functional groups attached to an aromatic ring is 1. The molecule has 0 amide bonds. The number of nitrogens with two attached hydrogens (primary N) is 1. The molecule has 2 aromatic rings. The van der Waals surface area contributed by atoms with E-state index in [9.17, 15) is 22.7 Å². The molecule has 2 rings (SSSR count). The Hall–Kier alpha value is -2.49. The first-order valence-corrected chi connectivity index (χ1v) is 6.38. The molecule has 124 valence electrons. The summed E-state index contributed by atoms with van der Waals surface area (Å²) in [5, 5.41) is 11.3. The first kappa shape index (κ1) is 16.9. The largest absolute Gasteiger partial charge is 0.395 e. The molecule has 0 spiro atoms. The van der Waals surface area contributed by atoms with Crippen LogP contribution >= 0.6 is 0 Å². The van der Waals surface area contributed by atoms with Gasteiger partial charge in [0.15, 0.2) is 23.3 Å². The fourth-order valence-corrected chi connectivity index (χ4v) is 1.62. The maximum absolute atomic E-state index is 13.6. The predicted molar refractivity (Wildman–Crippen MR) is 73.9 cm³/mol. The van der Waals surface area contributed by atoms with Crippen LogP contribution in [-0.4, -0.2) is 26.7 Å². The number of rotatable bonds is 4. The zero-order valence-electron chi connectivity index (χ0n) is 12.2. The van der Waals surface area contributed by atoms with Crippen molar-refractivity contribution in [3.63, 3.8) is 0 Å². The van der Waals surface area contributed by atoms with Crippen LogP contribution in [0.4, 0.5) is 35.1 Å². The van der Waals surface area contributed by atoms with Crippen LogP contribution in [0.5, 0.6) is 0 Å². The summed E-state index contributed by atoms with van der Waals surface area (Å²) in [6, 6.07) is 0.0813. The Bertz CT molecular complexity index is 727. The minimum absolute atomic E-state index is 0.0349. The van der Waals surface area contributed by atoms with Gasteiger partial charge in [0.05, 0.1) is 6.61 Å². The number of nitrogens with one attached hydrogen (secondary N) is 1. The molecule has 6 nitrogen and oxygen atoms in total. The van der Waals surface area contributed by atoms with Crippen LogP contribution in [0.25, 0.3) is 0 Å². The predicted octanol–water partition coefficient (Wildman–Crippen LogP) is 2.02. The number of aromatic nitrogens is 3. The molecule has 0 unspecified atom stereocenters. The summed E-state index contributed by atoms with van der Waals surface area (Å²) < 4.78 is 53.7. The van der Waals surface area contributed by atoms with Gasteiger partial charge in [-0.3, -0.25) is 0 Å². The molecule has 23 heavy (non-hydrogen) atoms. The van der Waals surface area contributed by atoms with E-state index in [2.05, 4.69) is 15.0 Å². The molecular formula is C13H13F4N5O. The Morgan fingerprint density at radius 2 is 1.65 bits per heavy atom. The molecule has 0 aliphatic carbocycles. The van der Waals surface area contributed by atoms with Crippen molar-refractivity contribution in [2.24, 2.45) is 0 Å². The molecule has 0 radical (unpaired) electrons. The van der Waals surface area contributed by atoms with E-state index in [1.807, 2.05) is 5.32 Å². The van der Waals surface area contributed by atoms with E-state index < -0.39 is 40.3 Å². The van der Waals surface area contributed by atoms with E-state index in [0.717, 1.165) is 0 Å². The van der Waals surface area contributed by atoms with Gasteiger partial charge in [0.1, 0.15) is 11.5 Å². The SMILES string of the molecule is CC(C)(CO)c1nc(N)nc(Nc2c(F)c(F)cc(F)c2F)n1. The maximum atomic E-state index is 13.6. The Morgan fingerprint density at radius 1 is 1.09 bits per heavy atom. The molecule has 0 aliphatic rings. The van der Waals surface area contributed by atoms with Crippen LogP contribution in [0.1, 0.15) is 19.7 Å². The van der Waals surface area contributed by atoms with Crippen molar-refractivity contribution >= 4 is 17.6 Å². The Morgan fingerprint density at radius 3 is 2.17 bits per heavy atom. The van der Waals surface area contributed by atoms with E-state index in [0.29, 0.717) is 0 Å². The van der Waals surface area contributed by atoms with Crippen molar-refractivity contribution in [2.45, 2.75) is 19.3 Å². The van der Waals surface area contributed by atoms with Gasteiger partial charge < -0.3 is 16.2 Å². The molecule has 1 aromatic heterocycles. The van der Waals surface area contributed by atoms with Crippen LogP contribution < -0.4 is 11.1 Å². The molecule has 1 heterocycles. The quantitative estimate of drug-likeness (QED) is 0.586. The van der Waals surface area contributed by atoms with Gasteiger partial charge in [-0.15, -0.1) is 0 Å². The fourth-order valence-electron chi connectivity index (χ4n) is 1.62. The molecule has 0 bridgehead atoms. The highest BCUT2D eigenvalue weighted by atomic mass is 19.2. The highest BCUT2D eigenvalue weighted by molar-refractivity contribution is 5.56. The van der Waals surface area contributed by atoms with Gasteiger partial charge in [-0.2, -0.15) is 15.0 Å². The number of aliphatic hydroxyl groups excluding tert-OH is 1. The molecule has 0 atom stereocenters. The lowest BCUT2D eigenvalue weighted by molar-refractivity contribution is 0.212. The molecular weight excluding hydrogens is 318 g/mol. The highest BCUT2D eigenvalue weighted by Gasteiger charge is 2.26. The molecule has 10 heteroatoms. The average Bonchev–Trinajstić information content (AvgIpc) is 2.49. The number of hydrogen-bond donors (Lipinski definition) is 3. The van der Waals surface area contributed by atoms with E-state index in [4.69, 9.17) is 5.73 Å². The average molecular weight is 331 g/mol. The van der Waals surface area contributed by atoms with Crippen molar-refractivity contribution in [2.75, 3.05) is 17.7 Å². The molecule has 0 aliphatic heterocycles. The Labute approximate surface area is 128 Å². The summed E-state index contributed by atoms with van der Waals surface area (Å²) in [5.74, 6) is -7.10. The zero-order chi connectivity index (χ0) is 17.4. The van der Waals surface area contributed by atoms with Gasteiger partial charge in [-0.25, -0.2) is 17.6 Å². The van der Waals surface area contributed by atoms with Gasteiger partial charge in [-0.1, -0.05) is 13.8 Å². The zero-order valence-corrected chi connectivity index (χ0v) is 12.2. The third-order valence-corrected chi connectivity index (χ3v) is 3.00. The summed E-state index contributed by atoms with van der Waals surface area (Å²) in [4.78, 5) is 11.3. The van der Waals surface area contributed by atoms with Crippen molar-refractivity contribution in [1.29, 1.82) is 0 Å². The molecule has 0 saturated carbocycles. The second-order valence-corrected chi connectivity index (χ2v) is 5.35. The number of aliphatic hydroxyl groups is 1. The van der Waals surface area contributed by atoms with Gasteiger partial charge in [-0.05, 0) is 0 Å². The Kier molecular flexibility index (Phi) is 4.37. The second kappa shape index (κ2) is 5.95. The summed E-state index contributed by atoms with van der Waals surface area (Å²) in [5.41, 5.74) is 3.47. The normalized spacial score (nSPS) is 11.6. The van der Waals surface area contributed by atoms with Crippen molar-refractivity contribution in [3.8, 4) is 0 Å². The third kappa shape index (κ3) is 3.31. The van der Waals surface area contributed by atoms with Crippen LogP contribution in [0, 0.1) is 23.3 Å². The van der Waals surface area contributed by atoms with Crippen LogP contribution in [0.15, 0.2) is 6.07 Å². The van der Waals surface area contributed by atoms with Gasteiger partial charge in [0, 0.05) is 11.5 Å². The smallest absolute Gasteiger partial charge is 0.232 e. The third-order valence-electron chi connectivity index (χ3n) is 3.00. The molecule has 4 N–H and O–H groups in total. The lowest BCUT2D eigenvalue weighted by Gasteiger charge is -2.20. The van der Waals surface area contributed by atoms with Crippen molar-refractivity contribution in [3.05, 3.63) is 35.2 Å². The van der Waals surface area contributed by atoms with E-state index >= 15 is 0 Å². The van der Waals surface area contributed by atoms with Gasteiger partial charge in [0.25, 0.3) is 0 Å². The highest BCUT2D eigenvalue weighted by Crippen LogP contribution is 2.27. The van der Waals surface area contributed by atoms with E-state index in [-0.39, 0.29) is 24.4 Å². The molecule has 0 saturated heterocycles. The summed E-state index contributed by atoms with van der Waals surface area (Å²) >= 11 is 0. The molecule has 1 aromatic carbocycles. The van der Waals surface area contributed by atoms with Gasteiger partial charge in [0.2, 0.25) is 11.9 Å². The van der Waals surface area contributed by atoms with Crippen molar-refractivity contribution in [1.82, 2.24) is 15.0 Å². The van der Waals surface area contributed by atoms with Crippen molar-refractivity contribution < 1.29 is 22.7 Å². The summed E-state index contributed by atoms with van der Waals surface area (Å²) in [6.07, 6.45) is 0. The monoisotopic (exact) mass is 331 g/mol. The number of anilines is 3. The number of hydrogen-bond acceptors (Lipinski definition) is 6. The number of halogens is 4. The van der Waals surface area contributed by atoms with Crippen LogP contribution in [0.3, 0.4) is 0 Å². The van der Waals surface area contributed by atoms with Crippen LogP contribution in [-0.2, 0) is 5.41 Å². The number of nitrogens with zero attached hydrogens (tertiary/aromatic N) is 3. The molecule has 0 fully saturated rings. The van der Waals surface area contributed by atoms with E-state index in [1.165, 1.54) is 0 Å². The minimum Gasteiger partial charge on any atom is -0.395 e. The summed E-state index contributed by atoms with van der Waals surface area (Å²) in [7, 11) is 0. The lowest BCUT2D eigenvalue weighted by atomic mass is 9.94.